The van der Waals surface area contributed by atoms with E-state index in [-0.39, 0.29) is 0 Å². The van der Waals surface area contributed by atoms with Gasteiger partial charge in [0.25, 0.3) is 5.91 Å². The molecule has 0 spiro atoms. The molecule has 0 unspecified atom stereocenters. The Morgan fingerprint density at radius 1 is 1.37 bits per heavy atom. The van der Waals surface area contributed by atoms with Crippen molar-refractivity contribution in [3.63, 3.8) is 0 Å². The highest BCUT2D eigenvalue weighted by Gasteiger charge is 2.30. The molecule has 106 valence electrons. The summed E-state index contributed by atoms with van der Waals surface area (Å²) in [5, 5.41) is 1.86. The van der Waals surface area contributed by atoms with Crippen LogP contribution in [0.4, 0.5) is 18.9 Å². The van der Waals surface area contributed by atoms with Crippen molar-refractivity contribution in [3.8, 4) is 0 Å². The van der Waals surface area contributed by atoms with Crippen LogP contribution in [0.1, 0.15) is 13.0 Å². The molecule has 4 nitrogen and oxygen atoms in total. The minimum Gasteiger partial charge on any atom is -0.377 e. The fraction of sp³-hybridized carbons (Fsp3) is 0.500. The molecule has 0 aromatic carbocycles. The minimum atomic E-state index is -4.39. The summed E-state index contributed by atoms with van der Waals surface area (Å²) in [6.45, 7) is 0.230. The summed E-state index contributed by atoms with van der Waals surface area (Å²) in [5.74, 6) is -0.667. The van der Waals surface area contributed by atoms with Crippen molar-refractivity contribution in [2.24, 2.45) is 0 Å². The summed E-state index contributed by atoms with van der Waals surface area (Å²) in [6, 6.07) is 2.87. The van der Waals surface area contributed by atoms with Crippen LogP contribution in [-0.4, -0.2) is 32.7 Å². The molecular formula is C12H17F3N3O+. The molecule has 0 aliphatic carbocycles. The van der Waals surface area contributed by atoms with Gasteiger partial charge in [-0.2, -0.15) is 17.7 Å². The van der Waals surface area contributed by atoms with Gasteiger partial charge >= 0.3 is 6.18 Å². The molecule has 19 heavy (non-hydrogen) atoms. The first-order chi connectivity index (χ1) is 8.70. The van der Waals surface area contributed by atoms with Crippen LogP contribution in [0.2, 0.25) is 0 Å². The molecule has 1 rings (SSSR count). The third-order valence-electron chi connectivity index (χ3n) is 2.64. The van der Waals surface area contributed by atoms with Crippen molar-refractivity contribution in [1.29, 1.82) is 0 Å². The first kappa shape index (κ1) is 15.3. The van der Waals surface area contributed by atoms with E-state index in [9.17, 15) is 18.0 Å². The fourth-order valence-corrected chi connectivity index (χ4v) is 1.46. The van der Waals surface area contributed by atoms with E-state index in [0.29, 0.717) is 0 Å². The molecule has 0 saturated carbocycles. The van der Waals surface area contributed by atoms with E-state index in [2.05, 4.69) is 0 Å². The van der Waals surface area contributed by atoms with Crippen LogP contribution >= 0.6 is 0 Å². The summed E-state index contributed by atoms with van der Waals surface area (Å²) < 4.78 is 37.5. The second-order valence-electron chi connectivity index (χ2n) is 4.41. The van der Waals surface area contributed by atoms with Gasteiger partial charge < -0.3 is 10.2 Å². The third-order valence-corrected chi connectivity index (χ3v) is 2.64. The van der Waals surface area contributed by atoms with Gasteiger partial charge in [-0.3, -0.25) is 4.79 Å². The Labute approximate surface area is 109 Å². The largest absolute Gasteiger partial charge is 0.405 e. The van der Waals surface area contributed by atoms with Crippen LogP contribution in [0.5, 0.6) is 0 Å². The predicted molar refractivity (Wildman–Crippen MR) is 64.7 cm³/mol. The maximum atomic E-state index is 12.0. The number of carbonyl (C=O) groups excluding carboxylic acids is 1. The standard InChI is InChI=1S/C12H16F3N3O/c1-9(11(19)16-8-12(13,14)15)18-6-4-10(5-7-18)17(2)3/h4-7,9H,8H2,1-3H3/p+1/t9-/m1/s1. The van der Waals surface area contributed by atoms with Gasteiger partial charge in [0.05, 0.1) is 0 Å². The van der Waals surface area contributed by atoms with Crippen LogP contribution in [-0.2, 0) is 4.79 Å². The summed E-state index contributed by atoms with van der Waals surface area (Å²) >= 11 is 0. The zero-order chi connectivity index (χ0) is 14.6. The Kier molecular flexibility index (Phi) is 4.74. The lowest BCUT2D eigenvalue weighted by molar-refractivity contribution is -0.706. The fourth-order valence-electron chi connectivity index (χ4n) is 1.46. The van der Waals surface area contributed by atoms with Crippen LogP contribution in [0, 0.1) is 0 Å². The number of hydrogen-bond acceptors (Lipinski definition) is 2. The number of halogens is 3. The highest BCUT2D eigenvalue weighted by Crippen LogP contribution is 2.12. The lowest BCUT2D eigenvalue weighted by Crippen LogP contribution is -2.48. The lowest BCUT2D eigenvalue weighted by atomic mass is 10.3. The van der Waals surface area contributed by atoms with E-state index in [4.69, 9.17) is 0 Å². The number of aromatic nitrogens is 1. The van der Waals surface area contributed by atoms with Crippen molar-refractivity contribution in [3.05, 3.63) is 24.5 Å². The number of nitrogens with zero attached hydrogens (tertiary/aromatic N) is 2. The van der Waals surface area contributed by atoms with Gasteiger partial charge in [-0.1, -0.05) is 0 Å². The third kappa shape index (κ3) is 4.76. The molecule has 0 aliphatic rings. The summed E-state index contributed by atoms with van der Waals surface area (Å²) in [7, 11) is 3.75. The first-order valence-electron chi connectivity index (χ1n) is 5.73. The van der Waals surface area contributed by atoms with Crippen LogP contribution < -0.4 is 14.8 Å². The van der Waals surface area contributed by atoms with E-state index in [1.807, 2.05) is 24.3 Å². The van der Waals surface area contributed by atoms with Crippen LogP contribution in [0.3, 0.4) is 0 Å². The molecule has 0 bridgehead atoms. The van der Waals surface area contributed by atoms with Gasteiger partial charge in [0, 0.05) is 38.8 Å². The second kappa shape index (κ2) is 5.90. The van der Waals surface area contributed by atoms with Crippen molar-refractivity contribution in [2.45, 2.75) is 19.1 Å². The monoisotopic (exact) mass is 276 g/mol. The average molecular weight is 276 g/mol. The minimum absolute atomic E-state index is 0.667. The van der Waals surface area contributed by atoms with Gasteiger partial charge in [-0.05, 0) is 0 Å². The number of hydrogen-bond donors (Lipinski definition) is 1. The summed E-state index contributed by atoms with van der Waals surface area (Å²) in [6.07, 6.45) is -1.07. The Morgan fingerprint density at radius 3 is 2.32 bits per heavy atom. The number of nitrogens with one attached hydrogen (secondary N) is 1. The van der Waals surface area contributed by atoms with Crippen molar-refractivity contribution < 1.29 is 22.5 Å². The van der Waals surface area contributed by atoms with E-state index in [0.717, 1.165) is 5.69 Å². The van der Waals surface area contributed by atoms with Gasteiger partial charge in [-0.25, -0.2) is 0 Å². The quantitative estimate of drug-likeness (QED) is 0.841. The van der Waals surface area contributed by atoms with E-state index >= 15 is 0 Å². The zero-order valence-electron chi connectivity index (χ0n) is 11.0. The molecular weight excluding hydrogens is 259 g/mol. The Balaban J connectivity index is 2.66. The zero-order valence-corrected chi connectivity index (χ0v) is 11.0. The number of alkyl halides is 3. The van der Waals surface area contributed by atoms with Crippen molar-refractivity contribution in [1.82, 2.24) is 5.32 Å². The first-order valence-corrected chi connectivity index (χ1v) is 5.73. The van der Waals surface area contributed by atoms with E-state index < -0.39 is 24.7 Å². The smallest absolute Gasteiger partial charge is 0.377 e. The van der Waals surface area contributed by atoms with Crippen LogP contribution in [0.15, 0.2) is 24.5 Å². The van der Waals surface area contributed by atoms with Crippen molar-refractivity contribution >= 4 is 11.6 Å². The second-order valence-corrected chi connectivity index (χ2v) is 4.41. The number of pyridine rings is 1. The SMILES string of the molecule is C[C@H](C(=O)NCC(F)(F)F)[n+]1ccc(N(C)C)cc1. The molecule has 1 amide bonds. The lowest BCUT2D eigenvalue weighted by Gasteiger charge is -2.13. The molecule has 0 aliphatic heterocycles. The summed E-state index contributed by atoms with van der Waals surface area (Å²) in [5.41, 5.74) is 0.944. The average Bonchev–Trinajstić information content (AvgIpc) is 2.34. The number of rotatable bonds is 4. The predicted octanol–water partition coefficient (Wildman–Crippen LogP) is 1.28. The van der Waals surface area contributed by atoms with E-state index in [1.54, 1.807) is 36.0 Å². The number of amides is 1. The Hall–Kier alpha value is -1.79. The van der Waals surface area contributed by atoms with Gasteiger partial charge in [0.15, 0.2) is 12.4 Å². The molecule has 1 aromatic rings. The van der Waals surface area contributed by atoms with E-state index in [1.165, 1.54) is 0 Å². The Morgan fingerprint density at radius 2 is 1.89 bits per heavy atom. The maximum absolute atomic E-state index is 12.0. The molecule has 1 heterocycles. The summed E-state index contributed by atoms with van der Waals surface area (Å²) in [4.78, 5) is 13.5. The number of carbonyl (C=O) groups is 1. The molecule has 0 radical (unpaired) electrons. The Bertz CT molecular complexity index is 429. The van der Waals surface area contributed by atoms with Crippen LogP contribution in [0.25, 0.3) is 0 Å². The van der Waals surface area contributed by atoms with Gasteiger partial charge in [0.2, 0.25) is 6.04 Å². The normalized spacial score (nSPS) is 12.9. The molecule has 1 aromatic heterocycles. The molecule has 1 N–H and O–H groups in total. The molecule has 1 atom stereocenters. The number of anilines is 1. The molecule has 7 heteroatoms. The maximum Gasteiger partial charge on any atom is 0.405 e. The van der Waals surface area contributed by atoms with Crippen molar-refractivity contribution in [2.75, 3.05) is 25.5 Å². The van der Waals surface area contributed by atoms with Gasteiger partial charge in [0.1, 0.15) is 6.54 Å². The highest BCUT2D eigenvalue weighted by atomic mass is 19.4. The highest BCUT2D eigenvalue weighted by molar-refractivity contribution is 5.78. The molecule has 0 saturated heterocycles. The topological polar surface area (TPSA) is 36.2 Å². The van der Waals surface area contributed by atoms with Gasteiger partial charge in [-0.15, -0.1) is 0 Å². The molecule has 0 fully saturated rings.